The Bertz CT molecular complexity index is 886. The number of aryl methyl sites for hydroxylation is 1. The molecule has 0 aliphatic heterocycles. The number of nitrogens with one attached hydrogen (secondary N) is 2. The van der Waals surface area contributed by atoms with Crippen LogP contribution >= 0.6 is 0 Å². The fourth-order valence-corrected chi connectivity index (χ4v) is 3.24. The van der Waals surface area contributed by atoms with Crippen LogP contribution < -0.4 is 10.0 Å². The number of anilines is 1. The van der Waals surface area contributed by atoms with E-state index in [0.29, 0.717) is 5.56 Å². The van der Waals surface area contributed by atoms with E-state index in [1.807, 2.05) is 20.8 Å². The second kappa shape index (κ2) is 6.84. The van der Waals surface area contributed by atoms with Crippen molar-refractivity contribution in [2.75, 3.05) is 4.72 Å². The van der Waals surface area contributed by atoms with E-state index in [1.54, 1.807) is 13.0 Å². The monoisotopic (exact) mass is 364 g/mol. The maximum absolute atomic E-state index is 12.9. The summed E-state index contributed by atoms with van der Waals surface area (Å²) in [5.74, 6) is -0.803. The normalized spacial score (nSPS) is 11.9. The second-order valence-electron chi connectivity index (χ2n) is 6.79. The number of carbonyl (C=O) groups is 1. The molecular formula is C18H21FN2O3S. The standard InChI is InChI=1S/C18H21FN2O3S/c1-12-5-10-15(11-16(12)17(22)20-18(2,3)4)25(23,24)21-14-8-6-13(19)7-9-14/h5-11,21H,1-4H3,(H,20,22). The molecule has 5 nitrogen and oxygen atoms in total. The molecule has 2 rings (SSSR count). The lowest BCUT2D eigenvalue weighted by molar-refractivity contribution is 0.0918. The van der Waals surface area contributed by atoms with Crippen molar-refractivity contribution in [2.45, 2.75) is 38.1 Å². The van der Waals surface area contributed by atoms with Crippen LogP contribution in [0.25, 0.3) is 0 Å². The zero-order chi connectivity index (χ0) is 18.8. The summed E-state index contributed by atoms with van der Waals surface area (Å²) in [6, 6.07) is 9.32. The van der Waals surface area contributed by atoms with Gasteiger partial charge in [-0.15, -0.1) is 0 Å². The number of carbonyl (C=O) groups excluding carboxylic acids is 1. The lowest BCUT2D eigenvalue weighted by Crippen LogP contribution is -2.40. The van der Waals surface area contributed by atoms with Crippen LogP contribution in [0.5, 0.6) is 0 Å². The van der Waals surface area contributed by atoms with Gasteiger partial charge in [-0.05, 0) is 69.7 Å². The van der Waals surface area contributed by atoms with Crippen molar-refractivity contribution in [3.05, 3.63) is 59.4 Å². The predicted octanol–water partition coefficient (Wildman–Crippen LogP) is 3.46. The van der Waals surface area contributed by atoms with Crippen molar-refractivity contribution in [3.63, 3.8) is 0 Å². The van der Waals surface area contributed by atoms with Gasteiger partial charge >= 0.3 is 0 Å². The molecule has 2 aromatic rings. The van der Waals surface area contributed by atoms with Gasteiger partial charge < -0.3 is 5.32 Å². The van der Waals surface area contributed by atoms with Crippen LogP contribution in [0.2, 0.25) is 0 Å². The van der Waals surface area contributed by atoms with Gasteiger partial charge in [0.15, 0.2) is 0 Å². The summed E-state index contributed by atoms with van der Waals surface area (Å²) in [6.07, 6.45) is 0. The highest BCUT2D eigenvalue weighted by Gasteiger charge is 2.21. The molecular weight excluding hydrogens is 343 g/mol. The lowest BCUT2D eigenvalue weighted by atomic mass is 10.0. The molecule has 0 aliphatic rings. The third-order valence-corrected chi connectivity index (χ3v) is 4.73. The first kappa shape index (κ1) is 18.9. The minimum absolute atomic E-state index is 0.0403. The van der Waals surface area contributed by atoms with Gasteiger partial charge in [0, 0.05) is 16.8 Å². The van der Waals surface area contributed by atoms with Crippen LogP contribution in [0.4, 0.5) is 10.1 Å². The number of hydrogen-bond donors (Lipinski definition) is 2. The number of hydrogen-bond acceptors (Lipinski definition) is 3. The van der Waals surface area contributed by atoms with Crippen molar-refractivity contribution in [2.24, 2.45) is 0 Å². The number of benzene rings is 2. The Morgan fingerprint density at radius 2 is 1.64 bits per heavy atom. The highest BCUT2D eigenvalue weighted by atomic mass is 32.2. The second-order valence-corrected chi connectivity index (χ2v) is 8.48. The number of halogens is 1. The first-order valence-electron chi connectivity index (χ1n) is 7.69. The van der Waals surface area contributed by atoms with Gasteiger partial charge in [0.1, 0.15) is 5.82 Å². The van der Waals surface area contributed by atoms with Gasteiger partial charge in [-0.2, -0.15) is 0 Å². The molecule has 0 atom stereocenters. The van der Waals surface area contributed by atoms with Crippen LogP contribution in [-0.4, -0.2) is 19.9 Å². The lowest BCUT2D eigenvalue weighted by Gasteiger charge is -2.21. The van der Waals surface area contributed by atoms with E-state index in [1.165, 1.54) is 24.3 Å². The Morgan fingerprint density at radius 1 is 1.04 bits per heavy atom. The zero-order valence-corrected chi connectivity index (χ0v) is 15.4. The summed E-state index contributed by atoms with van der Waals surface area (Å²) >= 11 is 0. The molecule has 0 radical (unpaired) electrons. The van der Waals surface area contributed by atoms with Gasteiger partial charge in [0.2, 0.25) is 0 Å². The average molecular weight is 364 g/mol. The van der Waals surface area contributed by atoms with Gasteiger partial charge in [-0.1, -0.05) is 6.07 Å². The van der Waals surface area contributed by atoms with Gasteiger partial charge in [-0.25, -0.2) is 12.8 Å². The summed E-state index contributed by atoms with van der Waals surface area (Å²) in [5, 5.41) is 2.82. The molecule has 0 spiro atoms. The Kier molecular flexibility index (Phi) is 5.17. The fraction of sp³-hybridized carbons (Fsp3) is 0.278. The molecule has 7 heteroatoms. The largest absolute Gasteiger partial charge is 0.347 e. The van der Waals surface area contributed by atoms with E-state index in [4.69, 9.17) is 0 Å². The molecule has 0 bridgehead atoms. The molecule has 2 aromatic carbocycles. The highest BCUT2D eigenvalue weighted by molar-refractivity contribution is 7.92. The van der Waals surface area contributed by atoms with Crippen LogP contribution in [0, 0.1) is 12.7 Å². The molecule has 25 heavy (non-hydrogen) atoms. The third-order valence-electron chi connectivity index (χ3n) is 3.35. The quantitative estimate of drug-likeness (QED) is 0.872. The molecule has 2 N–H and O–H groups in total. The first-order valence-corrected chi connectivity index (χ1v) is 9.18. The molecule has 0 saturated heterocycles. The fourth-order valence-electron chi connectivity index (χ4n) is 2.15. The maximum Gasteiger partial charge on any atom is 0.261 e. The van der Waals surface area contributed by atoms with E-state index in [2.05, 4.69) is 10.0 Å². The highest BCUT2D eigenvalue weighted by Crippen LogP contribution is 2.20. The van der Waals surface area contributed by atoms with E-state index >= 15 is 0 Å². The van der Waals surface area contributed by atoms with Crippen molar-refractivity contribution < 1.29 is 17.6 Å². The number of amides is 1. The van der Waals surface area contributed by atoms with Crippen molar-refractivity contribution in [3.8, 4) is 0 Å². The summed E-state index contributed by atoms with van der Waals surface area (Å²) in [7, 11) is -3.90. The Hall–Kier alpha value is -2.41. The third kappa shape index (κ3) is 5.03. The smallest absolute Gasteiger partial charge is 0.261 e. The van der Waals surface area contributed by atoms with Crippen molar-refractivity contribution in [1.82, 2.24) is 5.32 Å². The van der Waals surface area contributed by atoms with Crippen LogP contribution in [0.1, 0.15) is 36.7 Å². The summed E-state index contributed by atoms with van der Waals surface area (Å²) < 4.78 is 40.4. The topological polar surface area (TPSA) is 75.3 Å². The van der Waals surface area contributed by atoms with Gasteiger partial charge in [0.05, 0.1) is 4.90 Å². The Balaban J connectivity index is 2.34. The predicted molar refractivity (Wildman–Crippen MR) is 95.6 cm³/mol. The molecule has 0 heterocycles. The van der Waals surface area contributed by atoms with Crippen molar-refractivity contribution in [1.29, 1.82) is 0 Å². The number of sulfonamides is 1. The summed E-state index contributed by atoms with van der Waals surface area (Å²) in [4.78, 5) is 12.3. The van der Waals surface area contributed by atoms with E-state index in [-0.39, 0.29) is 22.1 Å². The first-order chi connectivity index (χ1) is 11.5. The zero-order valence-electron chi connectivity index (χ0n) is 14.6. The van der Waals surface area contributed by atoms with E-state index < -0.39 is 21.4 Å². The van der Waals surface area contributed by atoms with E-state index in [0.717, 1.165) is 12.1 Å². The van der Waals surface area contributed by atoms with Crippen LogP contribution in [0.15, 0.2) is 47.4 Å². The maximum atomic E-state index is 12.9. The molecule has 0 aromatic heterocycles. The Labute approximate surface area is 147 Å². The summed E-state index contributed by atoms with van der Waals surface area (Å²) in [6.45, 7) is 7.27. The molecule has 0 aliphatic carbocycles. The molecule has 134 valence electrons. The average Bonchev–Trinajstić information content (AvgIpc) is 2.48. The SMILES string of the molecule is Cc1ccc(S(=O)(=O)Nc2ccc(F)cc2)cc1C(=O)NC(C)(C)C. The molecule has 0 fully saturated rings. The molecule has 1 amide bonds. The molecule has 0 unspecified atom stereocenters. The minimum Gasteiger partial charge on any atom is -0.347 e. The molecule has 0 saturated carbocycles. The van der Waals surface area contributed by atoms with Crippen molar-refractivity contribution >= 4 is 21.6 Å². The van der Waals surface area contributed by atoms with Crippen LogP contribution in [0.3, 0.4) is 0 Å². The summed E-state index contributed by atoms with van der Waals surface area (Å²) in [5.41, 5.74) is 0.757. The number of rotatable bonds is 4. The van der Waals surface area contributed by atoms with Gasteiger partial charge in [-0.3, -0.25) is 9.52 Å². The van der Waals surface area contributed by atoms with E-state index in [9.17, 15) is 17.6 Å². The van der Waals surface area contributed by atoms with Gasteiger partial charge in [0.25, 0.3) is 15.9 Å². The Morgan fingerprint density at radius 3 is 2.20 bits per heavy atom. The van der Waals surface area contributed by atoms with Crippen LogP contribution in [-0.2, 0) is 10.0 Å². The minimum atomic E-state index is -3.90.